The standard InChI is InChI=1S/C15H26N2O3S/c1-12(11-15(2,3)20-6)16-13-8-7-9-14(10-13)21(18,19)17(4)5/h7-10,12,16H,11H2,1-6H3. The zero-order valence-electron chi connectivity index (χ0n) is 13.7. The highest BCUT2D eigenvalue weighted by molar-refractivity contribution is 7.89. The van der Waals surface area contributed by atoms with E-state index < -0.39 is 10.0 Å². The smallest absolute Gasteiger partial charge is 0.242 e. The Morgan fingerprint density at radius 3 is 2.48 bits per heavy atom. The summed E-state index contributed by atoms with van der Waals surface area (Å²) in [6, 6.07) is 7.03. The predicted molar refractivity (Wildman–Crippen MR) is 86.1 cm³/mol. The third-order valence-corrected chi connectivity index (χ3v) is 5.19. The second kappa shape index (κ2) is 6.77. The molecule has 1 aromatic carbocycles. The fourth-order valence-electron chi connectivity index (χ4n) is 2.11. The molecular weight excluding hydrogens is 288 g/mol. The van der Waals surface area contributed by atoms with E-state index >= 15 is 0 Å². The summed E-state index contributed by atoms with van der Waals surface area (Å²) in [4.78, 5) is 0.288. The van der Waals surface area contributed by atoms with E-state index in [1.807, 2.05) is 26.8 Å². The zero-order chi connectivity index (χ0) is 16.3. The normalized spacial score (nSPS) is 14.2. The second-order valence-corrected chi connectivity index (χ2v) is 8.18. The second-order valence-electron chi connectivity index (χ2n) is 6.03. The summed E-state index contributed by atoms with van der Waals surface area (Å²) in [5.74, 6) is 0. The van der Waals surface area contributed by atoms with Crippen molar-refractivity contribution in [1.82, 2.24) is 4.31 Å². The highest BCUT2D eigenvalue weighted by Crippen LogP contribution is 2.21. The maximum absolute atomic E-state index is 12.1. The fourth-order valence-corrected chi connectivity index (χ4v) is 3.06. The predicted octanol–water partition coefficient (Wildman–Crippen LogP) is 2.55. The van der Waals surface area contributed by atoms with Crippen LogP contribution in [0.25, 0.3) is 0 Å². The molecule has 0 fully saturated rings. The number of benzene rings is 1. The quantitative estimate of drug-likeness (QED) is 0.840. The van der Waals surface area contributed by atoms with Gasteiger partial charge >= 0.3 is 0 Å². The molecule has 1 unspecified atom stereocenters. The van der Waals surface area contributed by atoms with Crippen molar-refractivity contribution in [2.75, 3.05) is 26.5 Å². The van der Waals surface area contributed by atoms with E-state index in [0.717, 1.165) is 12.1 Å². The van der Waals surface area contributed by atoms with Crippen LogP contribution in [0.5, 0.6) is 0 Å². The third kappa shape index (κ3) is 4.98. The molecule has 1 rings (SSSR count). The molecule has 0 bridgehead atoms. The summed E-state index contributed by atoms with van der Waals surface area (Å²) in [5.41, 5.74) is 0.567. The van der Waals surface area contributed by atoms with Crippen LogP contribution >= 0.6 is 0 Å². The lowest BCUT2D eigenvalue weighted by molar-refractivity contribution is 0.0128. The Morgan fingerprint density at radius 1 is 1.33 bits per heavy atom. The van der Waals surface area contributed by atoms with Gasteiger partial charge in [-0.25, -0.2) is 12.7 Å². The molecular formula is C15H26N2O3S. The van der Waals surface area contributed by atoms with Gasteiger partial charge < -0.3 is 10.1 Å². The molecule has 0 radical (unpaired) electrons. The van der Waals surface area contributed by atoms with Crippen LogP contribution in [0.15, 0.2) is 29.2 Å². The third-order valence-electron chi connectivity index (χ3n) is 3.38. The van der Waals surface area contributed by atoms with Gasteiger partial charge in [-0.2, -0.15) is 0 Å². The van der Waals surface area contributed by atoms with Gasteiger partial charge in [0.25, 0.3) is 0 Å². The van der Waals surface area contributed by atoms with E-state index in [1.165, 1.54) is 18.4 Å². The van der Waals surface area contributed by atoms with Crippen LogP contribution in [-0.4, -0.2) is 45.6 Å². The molecule has 6 heteroatoms. The number of sulfonamides is 1. The SMILES string of the molecule is COC(C)(C)CC(C)Nc1cccc(S(=O)(=O)N(C)C)c1. The first-order valence-electron chi connectivity index (χ1n) is 6.93. The van der Waals surface area contributed by atoms with Crippen LogP contribution < -0.4 is 5.32 Å². The Morgan fingerprint density at radius 2 is 1.95 bits per heavy atom. The number of hydrogen-bond acceptors (Lipinski definition) is 4. The molecule has 0 saturated carbocycles. The minimum atomic E-state index is -3.41. The number of nitrogens with one attached hydrogen (secondary N) is 1. The molecule has 0 aromatic heterocycles. The maximum Gasteiger partial charge on any atom is 0.242 e. The van der Waals surface area contributed by atoms with Crippen molar-refractivity contribution in [3.63, 3.8) is 0 Å². The van der Waals surface area contributed by atoms with E-state index in [0.29, 0.717) is 0 Å². The number of nitrogens with zero attached hydrogens (tertiary/aromatic N) is 1. The molecule has 0 saturated heterocycles. The summed E-state index contributed by atoms with van der Waals surface area (Å²) in [5, 5.41) is 3.32. The summed E-state index contributed by atoms with van der Waals surface area (Å²) >= 11 is 0. The van der Waals surface area contributed by atoms with Crippen molar-refractivity contribution in [3.05, 3.63) is 24.3 Å². The van der Waals surface area contributed by atoms with E-state index in [2.05, 4.69) is 5.32 Å². The molecule has 0 aliphatic heterocycles. The van der Waals surface area contributed by atoms with Gasteiger partial charge in [0.05, 0.1) is 10.5 Å². The number of hydrogen-bond donors (Lipinski definition) is 1. The number of methoxy groups -OCH3 is 1. The Balaban J connectivity index is 2.87. The summed E-state index contributed by atoms with van der Waals surface area (Å²) in [6.45, 7) is 6.10. The number of anilines is 1. The first-order valence-corrected chi connectivity index (χ1v) is 8.37. The lowest BCUT2D eigenvalue weighted by atomic mass is 10.00. The molecule has 0 spiro atoms. The number of rotatable bonds is 7. The molecule has 1 atom stereocenters. The first kappa shape index (κ1) is 17.9. The summed E-state index contributed by atoms with van der Waals surface area (Å²) in [6.07, 6.45) is 0.814. The molecule has 5 nitrogen and oxygen atoms in total. The molecule has 21 heavy (non-hydrogen) atoms. The van der Waals surface area contributed by atoms with Crippen molar-refractivity contribution < 1.29 is 13.2 Å². The van der Waals surface area contributed by atoms with Gasteiger partial charge in [0.15, 0.2) is 0 Å². The van der Waals surface area contributed by atoms with Gasteiger partial charge in [0.2, 0.25) is 10.0 Å². The van der Waals surface area contributed by atoms with Gasteiger partial charge in [-0.1, -0.05) is 6.07 Å². The monoisotopic (exact) mass is 314 g/mol. The van der Waals surface area contributed by atoms with Gasteiger partial charge in [0, 0.05) is 32.9 Å². The first-order chi connectivity index (χ1) is 9.58. The van der Waals surface area contributed by atoms with Crippen molar-refractivity contribution >= 4 is 15.7 Å². The highest BCUT2D eigenvalue weighted by Gasteiger charge is 2.21. The van der Waals surface area contributed by atoms with Gasteiger partial charge in [-0.15, -0.1) is 0 Å². The van der Waals surface area contributed by atoms with Crippen LogP contribution in [0, 0.1) is 0 Å². The van der Waals surface area contributed by atoms with Crippen LogP contribution in [0.2, 0.25) is 0 Å². The van der Waals surface area contributed by atoms with Gasteiger partial charge in [-0.3, -0.25) is 0 Å². The Labute approximate surface area is 128 Å². The zero-order valence-corrected chi connectivity index (χ0v) is 14.5. The van der Waals surface area contributed by atoms with Crippen LogP contribution in [-0.2, 0) is 14.8 Å². The van der Waals surface area contributed by atoms with Crippen molar-refractivity contribution in [3.8, 4) is 0 Å². The lowest BCUT2D eigenvalue weighted by Crippen LogP contribution is -2.31. The van der Waals surface area contributed by atoms with Crippen molar-refractivity contribution in [2.45, 2.75) is 43.7 Å². The number of ether oxygens (including phenoxy) is 1. The average molecular weight is 314 g/mol. The molecule has 1 aromatic rings. The molecule has 1 N–H and O–H groups in total. The Bertz CT molecular complexity index is 568. The van der Waals surface area contributed by atoms with E-state index in [1.54, 1.807) is 25.3 Å². The minimum Gasteiger partial charge on any atom is -0.382 e. The highest BCUT2D eigenvalue weighted by atomic mass is 32.2. The van der Waals surface area contributed by atoms with Crippen molar-refractivity contribution in [1.29, 1.82) is 0 Å². The molecule has 0 aliphatic carbocycles. The summed E-state index contributed by atoms with van der Waals surface area (Å²) in [7, 11) is 1.34. The van der Waals surface area contributed by atoms with E-state index in [4.69, 9.17) is 4.74 Å². The topological polar surface area (TPSA) is 58.6 Å². The van der Waals surface area contributed by atoms with E-state index in [9.17, 15) is 8.42 Å². The minimum absolute atomic E-state index is 0.164. The lowest BCUT2D eigenvalue weighted by Gasteiger charge is -2.27. The van der Waals surface area contributed by atoms with Gasteiger partial charge in [-0.05, 0) is 45.4 Å². The van der Waals surface area contributed by atoms with Crippen LogP contribution in [0.3, 0.4) is 0 Å². The Kier molecular flexibility index (Phi) is 5.78. The van der Waals surface area contributed by atoms with E-state index in [-0.39, 0.29) is 16.5 Å². The van der Waals surface area contributed by atoms with Crippen LogP contribution in [0.4, 0.5) is 5.69 Å². The van der Waals surface area contributed by atoms with Gasteiger partial charge in [0.1, 0.15) is 0 Å². The van der Waals surface area contributed by atoms with Crippen molar-refractivity contribution in [2.24, 2.45) is 0 Å². The van der Waals surface area contributed by atoms with Crippen LogP contribution in [0.1, 0.15) is 27.2 Å². The largest absolute Gasteiger partial charge is 0.382 e. The molecule has 0 heterocycles. The molecule has 0 amide bonds. The maximum atomic E-state index is 12.1. The molecule has 120 valence electrons. The fraction of sp³-hybridized carbons (Fsp3) is 0.600. The summed E-state index contributed by atoms with van der Waals surface area (Å²) < 4.78 is 30.9. The Hall–Kier alpha value is -1.11. The molecule has 0 aliphatic rings. The average Bonchev–Trinajstić information content (AvgIpc) is 2.38.